The summed E-state index contributed by atoms with van der Waals surface area (Å²) in [6.45, 7) is 1.44. The smallest absolute Gasteiger partial charge is 0.240 e. The minimum Gasteiger partial charge on any atom is -0.293 e. The van der Waals surface area contributed by atoms with Crippen LogP contribution >= 0.6 is 0 Å². The maximum absolute atomic E-state index is 10.6. The van der Waals surface area contributed by atoms with E-state index in [0.29, 0.717) is 18.6 Å². The van der Waals surface area contributed by atoms with Gasteiger partial charge in [-0.2, -0.15) is 5.10 Å². The van der Waals surface area contributed by atoms with Crippen LogP contribution in [0.5, 0.6) is 0 Å². The maximum Gasteiger partial charge on any atom is 0.240 e. The summed E-state index contributed by atoms with van der Waals surface area (Å²) in [6.07, 6.45) is 0.847. The first-order valence-corrected chi connectivity index (χ1v) is 3.06. The van der Waals surface area contributed by atoms with E-state index in [2.05, 4.69) is 10.5 Å². The van der Waals surface area contributed by atoms with E-state index in [0.717, 1.165) is 0 Å². The average Bonchev–Trinajstić information content (AvgIpc) is 1.88. The molecular formula is C6H8N2O2. The molecule has 1 heterocycles. The van der Waals surface area contributed by atoms with Crippen LogP contribution in [0.3, 0.4) is 0 Å². The highest BCUT2D eigenvalue weighted by Crippen LogP contribution is 1.99. The lowest BCUT2D eigenvalue weighted by atomic mass is 10.1. The van der Waals surface area contributed by atoms with Gasteiger partial charge in [-0.15, -0.1) is 0 Å². The van der Waals surface area contributed by atoms with Gasteiger partial charge in [0.1, 0.15) is 5.71 Å². The van der Waals surface area contributed by atoms with E-state index in [-0.39, 0.29) is 11.7 Å². The van der Waals surface area contributed by atoms with Gasteiger partial charge in [0.05, 0.1) is 0 Å². The predicted molar refractivity (Wildman–Crippen MR) is 35.5 cm³/mol. The van der Waals surface area contributed by atoms with Gasteiger partial charge < -0.3 is 0 Å². The van der Waals surface area contributed by atoms with Crippen LogP contribution < -0.4 is 5.43 Å². The SMILES string of the molecule is CC(=O)C1=NNC(=O)CC1. The van der Waals surface area contributed by atoms with Crippen molar-refractivity contribution in [3.8, 4) is 0 Å². The number of hydrogen-bond donors (Lipinski definition) is 1. The highest BCUT2D eigenvalue weighted by molar-refractivity contribution is 6.39. The summed E-state index contributed by atoms with van der Waals surface area (Å²) in [5.74, 6) is -0.190. The molecule has 1 N–H and O–H groups in total. The van der Waals surface area contributed by atoms with E-state index < -0.39 is 0 Å². The third-order valence-electron chi connectivity index (χ3n) is 1.31. The van der Waals surface area contributed by atoms with Crippen LogP contribution in [-0.4, -0.2) is 17.4 Å². The number of nitrogens with zero attached hydrogens (tertiary/aromatic N) is 1. The number of carbonyl (C=O) groups excluding carboxylic acids is 2. The molecule has 0 fully saturated rings. The largest absolute Gasteiger partial charge is 0.293 e. The Morgan fingerprint density at radius 2 is 2.30 bits per heavy atom. The Kier molecular flexibility index (Phi) is 1.80. The minimum absolute atomic E-state index is 0.0694. The molecule has 0 radical (unpaired) electrons. The summed E-state index contributed by atoms with van der Waals surface area (Å²) in [4.78, 5) is 21.1. The third-order valence-corrected chi connectivity index (χ3v) is 1.31. The van der Waals surface area contributed by atoms with Crippen LogP contribution in [0.15, 0.2) is 5.10 Å². The van der Waals surface area contributed by atoms with Crippen molar-refractivity contribution in [2.24, 2.45) is 5.10 Å². The predicted octanol–water partition coefficient (Wildman–Crippen LogP) is -0.159. The van der Waals surface area contributed by atoms with Crippen LogP contribution in [0.1, 0.15) is 19.8 Å². The molecule has 0 aromatic heterocycles. The van der Waals surface area contributed by atoms with E-state index in [4.69, 9.17) is 0 Å². The van der Waals surface area contributed by atoms with Crippen molar-refractivity contribution in [1.29, 1.82) is 0 Å². The number of ketones is 1. The Morgan fingerprint density at radius 3 is 2.70 bits per heavy atom. The average molecular weight is 140 g/mol. The van der Waals surface area contributed by atoms with Crippen LogP contribution in [0.25, 0.3) is 0 Å². The first-order chi connectivity index (χ1) is 4.70. The summed E-state index contributed by atoms with van der Waals surface area (Å²) < 4.78 is 0. The molecule has 0 aromatic rings. The Bertz CT molecular complexity index is 208. The number of carbonyl (C=O) groups is 2. The molecule has 0 atom stereocenters. The molecule has 0 bridgehead atoms. The Balaban J connectivity index is 2.65. The van der Waals surface area contributed by atoms with Gasteiger partial charge in [0, 0.05) is 19.8 Å². The zero-order chi connectivity index (χ0) is 7.56. The van der Waals surface area contributed by atoms with Crippen molar-refractivity contribution in [3.63, 3.8) is 0 Å². The fourth-order valence-electron chi connectivity index (χ4n) is 0.728. The molecule has 4 nitrogen and oxygen atoms in total. The number of rotatable bonds is 1. The highest BCUT2D eigenvalue weighted by atomic mass is 16.2. The Morgan fingerprint density at radius 1 is 1.60 bits per heavy atom. The van der Waals surface area contributed by atoms with Crippen LogP contribution in [0, 0.1) is 0 Å². The van der Waals surface area contributed by atoms with Crippen LogP contribution in [0.2, 0.25) is 0 Å². The summed E-state index contributed by atoms with van der Waals surface area (Å²) in [7, 11) is 0. The van der Waals surface area contributed by atoms with Gasteiger partial charge in [-0.05, 0) is 0 Å². The van der Waals surface area contributed by atoms with E-state index in [1.165, 1.54) is 6.92 Å². The fourth-order valence-corrected chi connectivity index (χ4v) is 0.728. The lowest BCUT2D eigenvalue weighted by Gasteiger charge is -2.07. The second-order valence-corrected chi connectivity index (χ2v) is 2.15. The number of hydrazone groups is 1. The van der Waals surface area contributed by atoms with Crippen LogP contribution in [-0.2, 0) is 9.59 Å². The van der Waals surface area contributed by atoms with E-state index in [1.807, 2.05) is 0 Å². The Labute approximate surface area is 58.3 Å². The number of nitrogens with one attached hydrogen (secondary N) is 1. The van der Waals surface area contributed by atoms with E-state index in [9.17, 15) is 9.59 Å². The molecule has 1 amide bonds. The lowest BCUT2D eigenvalue weighted by Crippen LogP contribution is -2.28. The summed E-state index contributed by atoms with van der Waals surface area (Å²) in [5, 5.41) is 3.58. The fraction of sp³-hybridized carbons (Fsp3) is 0.500. The Hall–Kier alpha value is -1.19. The quantitative estimate of drug-likeness (QED) is 0.550. The molecule has 0 aromatic carbocycles. The monoisotopic (exact) mass is 140 g/mol. The number of hydrogen-bond acceptors (Lipinski definition) is 3. The molecule has 0 saturated heterocycles. The molecule has 0 spiro atoms. The van der Waals surface area contributed by atoms with Crippen LogP contribution in [0.4, 0.5) is 0 Å². The molecule has 1 aliphatic heterocycles. The second-order valence-electron chi connectivity index (χ2n) is 2.15. The first-order valence-electron chi connectivity index (χ1n) is 3.06. The van der Waals surface area contributed by atoms with E-state index >= 15 is 0 Å². The third kappa shape index (κ3) is 1.40. The molecule has 0 saturated carbocycles. The maximum atomic E-state index is 10.6. The molecule has 10 heavy (non-hydrogen) atoms. The highest BCUT2D eigenvalue weighted by Gasteiger charge is 2.13. The molecular weight excluding hydrogens is 132 g/mol. The van der Waals surface area contributed by atoms with Gasteiger partial charge in [0.2, 0.25) is 5.91 Å². The van der Waals surface area contributed by atoms with Crippen molar-refractivity contribution in [3.05, 3.63) is 0 Å². The standard InChI is InChI=1S/C6H8N2O2/c1-4(9)5-2-3-6(10)8-7-5/h2-3H2,1H3,(H,8,10). The molecule has 0 unspecified atom stereocenters. The van der Waals surface area contributed by atoms with Crippen molar-refractivity contribution < 1.29 is 9.59 Å². The van der Waals surface area contributed by atoms with Crippen molar-refractivity contribution in [2.75, 3.05) is 0 Å². The number of Topliss-reactive ketones (excluding diaryl/α,β-unsaturated/α-hetero) is 1. The minimum atomic E-state index is -0.120. The van der Waals surface area contributed by atoms with Gasteiger partial charge in [0.25, 0.3) is 0 Å². The second kappa shape index (κ2) is 2.60. The van der Waals surface area contributed by atoms with E-state index in [1.54, 1.807) is 0 Å². The van der Waals surface area contributed by atoms with Gasteiger partial charge >= 0.3 is 0 Å². The molecule has 54 valence electrons. The molecule has 1 rings (SSSR count). The normalized spacial score (nSPS) is 17.7. The summed E-state index contributed by atoms with van der Waals surface area (Å²) >= 11 is 0. The molecule has 4 heteroatoms. The van der Waals surface area contributed by atoms with Gasteiger partial charge in [-0.1, -0.05) is 0 Å². The van der Waals surface area contributed by atoms with Crippen molar-refractivity contribution >= 4 is 17.4 Å². The summed E-state index contributed by atoms with van der Waals surface area (Å²) in [5.41, 5.74) is 2.70. The molecule has 0 aliphatic carbocycles. The summed E-state index contributed by atoms with van der Waals surface area (Å²) in [6, 6.07) is 0. The molecule has 1 aliphatic rings. The zero-order valence-corrected chi connectivity index (χ0v) is 5.68. The number of amides is 1. The zero-order valence-electron chi connectivity index (χ0n) is 5.68. The van der Waals surface area contributed by atoms with Crippen molar-refractivity contribution in [1.82, 2.24) is 5.43 Å². The van der Waals surface area contributed by atoms with Gasteiger partial charge in [-0.25, -0.2) is 5.43 Å². The van der Waals surface area contributed by atoms with Gasteiger partial charge in [0.15, 0.2) is 5.78 Å². The van der Waals surface area contributed by atoms with Crippen molar-refractivity contribution in [2.45, 2.75) is 19.8 Å². The first kappa shape index (κ1) is 6.92. The lowest BCUT2D eigenvalue weighted by molar-refractivity contribution is -0.121. The topological polar surface area (TPSA) is 58.5 Å². The van der Waals surface area contributed by atoms with Gasteiger partial charge in [-0.3, -0.25) is 9.59 Å².